The lowest BCUT2D eigenvalue weighted by Crippen LogP contribution is -2.48. The lowest BCUT2D eigenvalue weighted by molar-refractivity contribution is -0.118. The van der Waals surface area contributed by atoms with E-state index in [-0.39, 0.29) is 29.4 Å². The number of thioether (sulfide) groups is 1. The number of carbonyl (C=O) groups is 2. The first-order valence-corrected chi connectivity index (χ1v) is 12.9. The van der Waals surface area contributed by atoms with Crippen molar-refractivity contribution in [3.63, 3.8) is 0 Å². The average molecular weight is 513 g/mol. The molecule has 2 aliphatic rings. The highest BCUT2D eigenvalue weighted by molar-refractivity contribution is 8.15. The van der Waals surface area contributed by atoms with E-state index < -0.39 is 10.9 Å². The van der Waals surface area contributed by atoms with Crippen LogP contribution in [0.3, 0.4) is 0 Å². The summed E-state index contributed by atoms with van der Waals surface area (Å²) in [5, 5.41) is 25.7. The molecule has 8 nitrogen and oxygen atoms in total. The molecule has 2 atom stereocenters. The summed E-state index contributed by atoms with van der Waals surface area (Å²) in [6.45, 7) is 9.98. The normalized spacial score (nSPS) is 22.5. The summed E-state index contributed by atoms with van der Waals surface area (Å²) in [5.74, 6) is 1.47. The fourth-order valence-electron chi connectivity index (χ4n) is 4.99. The average Bonchev–Trinajstić information content (AvgIpc) is 3.16. The Morgan fingerprint density at radius 2 is 1.86 bits per heavy atom. The number of amides is 2. The van der Waals surface area contributed by atoms with E-state index in [9.17, 15) is 19.9 Å². The Balaban J connectivity index is 1.56. The van der Waals surface area contributed by atoms with Crippen LogP contribution in [0.5, 0.6) is 17.2 Å². The van der Waals surface area contributed by atoms with Crippen LogP contribution < -0.4 is 14.8 Å². The summed E-state index contributed by atoms with van der Waals surface area (Å²) in [4.78, 5) is 23.3. The van der Waals surface area contributed by atoms with Gasteiger partial charge in [0.05, 0.1) is 11.0 Å². The van der Waals surface area contributed by atoms with Crippen LogP contribution in [0.15, 0.2) is 29.4 Å². The SMILES string of the molecule is Cc1c(C)c2c(c(C)c1O)C(=NO)CC(COc1ccc(CC3SC(=O)NC3=O)cc1)(CC(C)C)O2. The van der Waals surface area contributed by atoms with Gasteiger partial charge in [0, 0.05) is 17.5 Å². The van der Waals surface area contributed by atoms with E-state index in [0.29, 0.717) is 47.6 Å². The van der Waals surface area contributed by atoms with Gasteiger partial charge >= 0.3 is 0 Å². The smallest absolute Gasteiger partial charge is 0.286 e. The van der Waals surface area contributed by atoms with Gasteiger partial charge in [-0.15, -0.1) is 0 Å². The maximum Gasteiger partial charge on any atom is 0.286 e. The highest BCUT2D eigenvalue weighted by Gasteiger charge is 2.43. The maximum atomic E-state index is 11.8. The fraction of sp³-hybridized carbons (Fsp3) is 0.444. The van der Waals surface area contributed by atoms with Gasteiger partial charge in [0.25, 0.3) is 5.24 Å². The predicted molar refractivity (Wildman–Crippen MR) is 139 cm³/mol. The summed E-state index contributed by atoms with van der Waals surface area (Å²) in [6.07, 6.45) is 1.46. The van der Waals surface area contributed by atoms with Gasteiger partial charge in [-0.25, -0.2) is 0 Å². The van der Waals surface area contributed by atoms with E-state index in [1.807, 2.05) is 38.1 Å². The molecule has 1 fully saturated rings. The largest absolute Gasteiger partial charge is 0.507 e. The quantitative estimate of drug-likeness (QED) is 0.352. The van der Waals surface area contributed by atoms with Crippen LogP contribution in [0.4, 0.5) is 4.79 Å². The molecule has 9 heteroatoms. The standard InChI is InChI=1S/C27H32N2O6S/c1-14(2)11-27(12-20(29-33)22-17(5)23(30)15(3)16(4)24(22)35-27)13-34-19-8-6-18(7-9-19)10-21-25(31)28-26(32)36-21/h6-9,14,21,30,33H,10-13H2,1-5H3,(H,28,31,32). The minimum atomic E-state index is -0.763. The van der Waals surface area contributed by atoms with Crippen molar-refractivity contribution in [3.05, 3.63) is 52.1 Å². The number of aromatic hydroxyl groups is 1. The Labute approximate surface area is 215 Å². The lowest BCUT2D eigenvalue weighted by Gasteiger charge is -2.41. The highest BCUT2D eigenvalue weighted by atomic mass is 32.2. The number of imide groups is 1. The number of hydrogen-bond donors (Lipinski definition) is 3. The van der Waals surface area contributed by atoms with Crippen molar-refractivity contribution < 1.29 is 29.4 Å². The molecule has 2 unspecified atom stereocenters. The van der Waals surface area contributed by atoms with Crippen molar-refractivity contribution in [2.45, 2.75) is 64.7 Å². The first-order valence-electron chi connectivity index (χ1n) is 12.0. The molecule has 0 spiro atoms. The van der Waals surface area contributed by atoms with Gasteiger partial charge in [-0.2, -0.15) is 0 Å². The Morgan fingerprint density at radius 1 is 1.17 bits per heavy atom. The number of nitrogens with zero attached hydrogens (tertiary/aromatic N) is 1. The van der Waals surface area contributed by atoms with Gasteiger partial charge in [-0.3, -0.25) is 14.9 Å². The first-order chi connectivity index (χ1) is 17.0. The number of benzene rings is 2. The molecule has 1 saturated heterocycles. The first kappa shape index (κ1) is 25.9. The van der Waals surface area contributed by atoms with Crippen LogP contribution in [0.2, 0.25) is 0 Å². The van der Waals surface area contributed by atoms with Crippen LogP contribution >= 0.6 is 11.8 Å². The van der Waals surface area contributed by atoms with Crippen molar-refractivity contribution >= 4 is 28.6 Å². The Bertz CT molecular complexity index is 1220. The van der Waals surface area contributed by atoms with Crippen LogP contribution in [-0.2, 0) is 11.2 Å². The van der Waals surface area contributed by atoms with Crippen molar-refractivity contribution in [3.8, 4) is 17.2 Å². The number of fused-ring (bicyclic) bond motifs is 1. The van der Waals surface area contributed by atoms with Crippen molar-refractivity contribution in [1.82, 2.24) is 5.32 Å². The summed E-state index contributed by atoms with van der Waals surface area (Å²) in [7, 11) is 0. The summed E-state index contributed by atoms with van der Waals surface area (Å²) in [6, 6.07) is 7.46. The number of phenolic OH excluding ortho intramolecular Hbond substituents is 1. The van der Waals surface area contributed by atoms with Crippen LogP contribution in [-0.4, -0.2) is 44.6 Å². The van der Waals surface area contributed by atoms with Gasteiger partial charge in [0.2, 0.25) is 5.91 Å². The Kier molecular flexibility index (Phi) is 7.22. The zero-order chi connectivity index (χ0) is 26.2. The van der Waals surface area contributed by atoms with E-state index in [0.717, 1.165) is 28.5 Å². The number of ether oxygens (including phenoxy) is 2. The topological polar surface area (TPSA) is 117 Å². The van der Waals surface area contributed by atoms with E-state index in [4.69, 9.17) is 9.47 Å². The molecule has 0 radical (unpaired) electrons. The molecule has 2 amide bonds. The van der Waals surface area contributed by atoms with Gasteiger partial charge < -0.3 is 19.8 Å². The third kappa shape index (κ3) is 5.02. The number of oxime groups is 1. The summed E-state index contributed by atoms with van der Waals surface area (Å²) in [5.41, 5.74) is 3.44. The molecule has 0 aromatic heterocycles. The van der Waals surface area contributed by atoms with Crippen molar-refractivity contribution in [1.29, 1.82) is 0 Å². The predicted octanol–water partition coefficient (Wildman–Crippen LogP) is 5.04. The maximum absolute atomic E-state index is 11.8. The monoisotopic (exact) mass is 512 g/mol. The van der Waals surface area contributed by atoms with Crippen LogP contribution in [0.1, 0.15) is 54.5 Å². The molecule has 2 aromatic rings. The van der Waals surface area contributed by atoms with Gasteiger partial charge in [0.15, 0.2) is 0 Å². The zero-order valence-corrected chi connectivity index (χ0v) is 22.0. The summed E-state index contributed by atoms with van der Waals surface area (Å²) >= 11 is 1.01. The second-order valence-electron chi connectivity index (χ2n) is 10.1. The molecule has 2 heterocycles. The second kappa shape index (κ2) is 10.0. The molecular weight excluding hydrogens is 480 g/mol. The summed E-state index contributed by atoms with van der Waals surface area (Å²) < 4.78 is 12.9. The highest BCUT2D eigenvalue weighted by Crippen LogP contribution is 2.45. The van der Waals surface area contributed by atoms with Crippen molar-refractivity contribution in [2.75, 3.05) is 6.61 Å². The Morgan fingerprint density at radius 3 is 2.44 bits per heavy atom. The molecule has 2 aliphatic heterocycles. The van der Waals surface area contributed by atoms with Crippen LogP contribution in [0.25, 0.3) is 0 Å². The van der Waals surface area contributed by atoms with E-state index in [1.165, 1.54) is 0 Å². The molecule has 36 heavy (non-hydrogen) atoms. The van der Waals surface area contributed by atoms with Crippen LogP contribution in [0, 0.1) is 26.7 Å². The van der Waals surface area contributed by atoms with Gasteiger partial charge in [-0.1, -0.05) is 42.9 Å². The van der Waals surface area contributed by atoms with E-state index >= 15 is 0 Å². The zero-order valence-electron chi connectivity index (χ0n) is 21.2. The second-order valence-corrected chi connectivity index (χ2v) is 11.2. The number of rotatable bonds is 7. The minimum Gasteiger partial charge on any atom is -0.507 e. The third-order valence-corrected chi connectivity index (χ3v) is 7.81. The number of carbonyl (C=O) groups excluding carboxylic acids is 2. The van der Waals surface area contributed by atoms with Crippen molar-refractivity contribution in [2.24, 2.45) is 11.1 Å². The molecule has 4 rings (SSSR count). The molecule has 0 bridgehead atoms. The molecule has 3 N–H and O–H groups in total. The number of nitrogens with one attached hydrogen (secondary N) is 1. The molecule has 0 saturated carbocycles. The molecule has 192 valence electrons. The van der Waals surface area contributed by atoms with E-state index in [1.54, 1.807) is 6.92 Å². The van der Waals surface area contributed by atoms with Gasteiger partial charge in [0.1, 0.15) is 29.5 Å². The number of phenols is 1. The van der Waals surface area contributed by atoms with E-state index in [2.05, 4.69) is 24.3 Å². The number of hydrogen-bond acceptors (Lipinski definition) is 8. The minimum absolute atomic E-state index is 0.182. The van der Waals surface area contributed by atoms with Gasteiger partial charge in [-0.05, 0) is 68.4 Å². The lowest BCUT2D eigenvalue weighted by atomic mass is 9.81. The molecule has 0 aliphatic carbocycles. The molecule has 2 aromatic carbocycles. The Hall–Kier alpha value is -3.20. The fourth-order valence-corrected chi connectivity index (χ4v) is 5.85. The molecular formula is C27H32N2O6S. The third-order valence-electron chi connectivity index (χ3n) is 6.83.